The highest BCUT2D eigenvalue weighted by atomic mass is 35.5. The molecule has 4 aromatic rings. The number of anilines is 2. The van der Waals surface area contributed by atoms with E-state index in [4.69, 9.17) is 11.6 Å². The zero-order valence-electron chi connectivity index (χ0n) is 17.7. The van der Waals surface area contributed by atoms with E-state index in [1.54, 1.807) is 47.3 Å². The molecule has 4 rings (SSSR count). The Morgan fingerprint density at radius 3 is 2.52 bits per heavy atom. The third-order valence-electron chi connectivity index (χ3n) is 5.06. The fraction of sp³-hybridized carbons (Fsp3) is 0.0833. The normalized spacial score (nSPS) is 11.2. The molecule has 0 unspecified atom stereocenters. The molecule has 168 valence electrons. The minimum Gasteiger partial charge on any atom is -0.307 e. The Hall–Kier alpha value is -3.62. The van der Waals surface area contributed by atoms with Crippen molar-refractivity contribution >= 4 is 39.0 Å². The van der Waals surface area contributed by atoms with Crippen molar-refractivity contribution in [3.63, 3.8) is 0 Å². The summed E-state index contributed by atoms with van der Waals surface area (Å²) in [4.78, 5) is 12.9. The van der Waals surface area contributed by atoms with Crippen molar-refractivity contribution < 1.29 is 13.2 Å². The van der Waals surface area contributed by atoms with Crippen LogP contribution in [0, 0.1) is 0 Å². The number of nitrogens with zero attached hydrogens (tertiary/aromatic N) is 3. The van der Waals surface area contributed by atoms with E-state index in [1.807, 2.05) is 30.3 Å². The number of hydrogen-bond acceptors (Lipinski definition) is 4. The summed E-state index contributed by atoms with van der Waals surface area (Å²) in [6, 6.07) is 23.9. The number of rotatable bonds is 7. The summed E-state index contributed by atoms with van der Waals surface area (Å²) in [5, 5.41) is 7.50. The summed E-state index contributed by atoms with van der Waals surface area (Å²) in [5.74, 6) is 0.0698. The van der Waals surface area contributed by atoms with Gasteiger partial charge in [0.25, 0.3) is 15.9 Å². The van der Waals surface area contributed by atoms with Gasteiger partial charge >= 0.3 is 0 Å². The molecule has 0 saturated carbocycles. The van der Waals surface area contributed by atoms with Gasteiger partial charge in [0, 0.05) is 23.7 Å². The largest absolute Gasteiger partial charge is 0.307 e. The number of hydrogen-bond donors (Lipinski definition) is 1. The Balaban J connectivity index is 1.55. The van der Waals surface area contributed by atoms with Gasteiger partial charge in [0.1, 0.15) is 5.82 Å². The first-order valence-corrected chi connectivity index (χ1v) is 11.9. The second-order valence-corrected chi connectivity index (χ2v) is 9.70. The van der Waals surface area contributed by atoms with E-state index in [1.165, 1.54) is 25.2 Å². The molecule has 0 aliphatic rings. The van der Waals surface area contributed by atoms with Gasteiger partial charge in [0.05, 0.1) is 23.3 Å². The van der Waals surface area contributed by atoms with Gasteiger partial charge in [-0.2, -0.15) is 5.10 Å². The lowest BCUT2D eigenvalue weighted by Gasteiger charge is -2.20. The van der Waals surface area contributed by atoms with Crippen LogP contribution < -0.4 is 9.62 Å². The van der Waals surface area contributed by atoms with Gasteiger partial charge < -0.3 is 5.32 Å². The van der Waals surface area contributed by atoms with E-state index >= 15 is 0 Å². The Kier molecular flexibility index (Phi) is 6.48. The molecule has 1 amide bonds. The maximum absolute atomic E-state index is 13.1. The summed E-state index contributed by atoms with van der Waals surface area (Å²) < 4.78 is 29.1. The number of sulfonamides is 1. The summed E-state index contributed by atoms with van der Waals surface area (Å²) in [6.07, 6.45) is 1.60. The van der Waals surface area contributed by atoms with Gasteiger partial charge in [-0.25, -0.2) is 13.1 Å². The van der Waals surface area contributed by atoms with E-state index in [0.717, 1.165) is 9.87 Å². The van der Waals surface area contributed by atoms with Crippen molar-refractivity contribution in [3.8, 4) is 0 Å². The zero-order valence-corrected chi connectivity index (χ0v) is 19.3. The molecule has 0 bridgehead atoms. The van der Waals surface area contributed by atoms with Crippen LogP contribution >= 0.6 is 11.6 Å². The van der Waals surface area contributed by atoms with Gasteiger partial charge in [-0.05, 0) is 42.0 Å². The number of aromatic nitrogens is 2. The summed E-state index contributed by atoms with van der Waals surface area (Å²) in [6.45, 7) is 0.488. The second kappa shape index (κ2) is 9.48. The van der Waals surface area contributed by atoms with Crippen LogP contribution in [0.15, 0.2) is 96.0 Å². The van der Waals surface area contributed by atoms with E-state index in [2.05, 4.69) is 10.4 Å². The maximum Gasteiger partial charge on any atom is 0.264 e. The summed E-state index contributed by atoms with van der Waals surface area (Å²) in [5.41, 5.74) is 1.67. The average Bonchev–Trinajstić information content (AvgIpc) is 3.25. The molecule has 1 heterocycles. The van der Waals surface area contributed by atoms with Crippen LogP contribution in [-0.2, 0) is 16.6 Å². The average molecular weight is 481 g/mol. The Morgan fingerprint density at radius 1 is 1.00 bits per heavy atom. The lowest BCUT2D eigenvalue weighted by Crippen LogP contribution is -2.27. The first-order valence-electron chi connectivity index (χ1n) is 10.1. The molecule has 0 aliphatic carbocycles. The lowest BCUT2D eigenvalue weighted by atomic mass is 10.2. The molecule has 9 heteroatoms. The number of carbonyl (C=O) groups is 1. The lowest BCUT2D eigenvalue weighted by molar-refractivity contribution is 0.102. The zero-order chi connectivity index (χ0) is 23.4. The minimum absolute atomic E-state index is 0.00424. The summed E-state index contributed by atoms with van der Waals surface area (Å²) in [7, 11) is -2.46. The third kappa shape index (κ3) is 5.08. The molecule has 3 aromatic carbocycles. The topological polar surface area (TPSA) is 84.3 Å². The van der Waals surface area contributed by atoms with Crippen molar-refractivity contribution in [3.05, 3.63) is 107 Å². The van der Waals surface area contributed by atoms with Crippen molar-refractivity contribution in [1.29, 1.82) is 0 Å². The maximum atomic E-state index is 13.1. The SMILES string of the molecule is CN(c1cccc(Cl)c1)S(=O)(=O)c1cccc(C(=O)Nc2ccnn2Cc2ccccc2)c1. The standard InChI is InChI=1S/C24H21ClN4O3S/c1-28(21-11-6-10-20(25)16-21)33(31,32)22-12-5-9-19(15-22)24(30)27-23-13-14-26-29(23)17-18-7-3-2-4-8-18/h2-16H,17H2,1H3,(H,27,30). The van der Waals surface area contributed by atoms with Crippen LogP contribution in [0.3, 0.4) is 0 Å². The van der Waals surface area contributed by atoms with Gasteiger partial charge in [0.2, 0.25) is 0 Å². The second-order valence-electron chi connectivity index (χ2n) is 7.29. The highest BCUT2D eigenvalue weighted by Gasteiger charge is 2.23. The van der Waals surface area contributed by atoms with Gasteiger partial charge in [-0.15, -0.1) is 0 Å². The molecular weight excluding hydrogens is 460 g/mol. The molecule has 33 heavy (non-hydrogen) atoms. The number of carbonyl (C=O) groups excluding carboxylic acids is 1. The van der Waals surface area contributed by atoms with Crippen LogP contribution in [0.25, 0.3) is 0 Å². The predicted octanol–water partition coefficient (Wildman–Crippen LogP) is 4.66. The molecule has 7 nitrogen and oxygen atoms in total. The Morgan fingerprint density at radius 2 is 1.76 bits per heavy atom. The van der Waals surface area contributed by atoms with Crippen LogP contribution in [0.1, 0.15) is 15.9 Å². The smallest absolute Gasteiger partial charge is 0.264 e. The van der Waals surface area contributed by atoms with E-state index in [-0.39, 0.29) is 10.5 Å². The molecule has 0 atom stereocenters. The quantitative estimate of drug-likeness (QED) is 0.417. The first kappa shape index (κ1) is 22.6. The van der Waals surface area contributed by atoms with Crippen molar-refractivity contribution in [2.45, 2.75) is 11.4 Å². The van der Waals surface area contributed by atoms with Gasteiger partial charge in [-0.1, -0.05) is 54.1 Å². The fourth-order valence-electron chi connectivity index (χ4n) is 3.28. The monoisotopic (exact) mass is 480 g/mol. The van der Waals surface area contributed by atoms with Crippen molar-refractivity contribution in [2.24, 2.45) is 0 Å². The number of benzene rings is 3. The number of amides is 1. The van der Waals surface area contributed by atoms with Crippen LogP contribution in [-0.4, -0.2) is 31.2 Å². The van der Waals surface area contributed by atoms with Gasteiger partial charge in [0.15, 0.2) is 0 Å². The number of nitrogens with one attached hydrogen (secondary N) is 1. The Bertz CT molecular complexity index is 1390. The van der Waals surface area contributed by atoms with Crippen LogP contribution in [0.2, 0.25) is 5.02 Å². The molecule has 0 saturated heterocycles. The molecule has 1 N–H and O–H groups in total. The number of halogens is 1. The highest BCUT2D eigenvalue weighted by Crippen LogP contribution is 2.25. The minimum atomic E-state index is -3.90. The molecule has 0 fully saturated rings. The summed E-state index contributed by atoms with van der Waals surface area (Å²) >= 11 is 6.00. The van der Waals surface area contributed by atoms with Crippen LogP contribution in [0.4, 0.5) is 11.5 Å². The molecule has 0 radical (unpaired) electrons. The predicted molar refractivity (Wildman–Crippen MR) is 129 cm³/mol. The first-order chi connectivity index (χ1) is 15.8. The fourth-order valence-corrected chi connectivity index (χ4v) is 4.69. The molecular formula is C24H21ClN4O3S. The van der Waals surface area contributed by atoms with E-state index in [0.29, 0.717) is 23.1 Å². The van der Waals surface area contributed by atoms with Crippen LogP contribution in [0.5, 0.6) is 0 Å². The molecule has 0 aliphatic heterocycles. The van der Waals surface area contributed by atoms with E-state index in [9.17, 15) is 13.2 Å². The molecule has 1 aromatic heterocycles. The van der Waals surface area contributed by atoms with Crippen molar-refractivity contribution in [1.82, 2.24) is 9.78 Å². The third-order valence-corrected chi connectivity index (χ3v) is 7.08. The van der Waals surface area contributed by atoms with Crippen molar-refractivity contribution in [2.75, 3.05) is 16.7 Å². The van der Waals surface area contributed by atoms with E-state index < -0.39 is 15.9 Å². The Labute approximate surface area is 197 Å². The highest BCUT2D eigenvalue weighted by molar-refractivity contribution is 7.92. The van der Waals surface area contributed by atoms with Gasteiger partial charge in [-0.3, -0.25) is 9.10 Å². The molecule has 0 spiro atoms.